The highest BCUT2D eigenvalue weighted by atomic mass is 16.6. The highest BCUT2D eigenvalue weighted by Crippen LogP contribution is 2.16. The number of rotatable bonds is 61. The molecule has 1 unspecified atom stereocenters. The number of allylic oxidation sites excluding steroid dienone is 24. The van der Waals surface area contributed by atoms with Gasteiger partial charge in [-0.1, -0.05) is 308 Å². The van der Waals surface area contributed by atoms with Gasteiger partial charge in [0, 0.05) is 19.3 Å². The summed E-state index contributed by atoms with van der Waals surface area (Å²) < 4.78 is 16.9. The predicted molar refractivity (Wildman–Crippen MR) is 362 cm³/mol. The van der Waals surface area contributed by atoms with Crippen LogP contribution in [-0.2, 0) is 28.6 Å². The number of ether oxygens (including phenoxy) is 3. The van der Waals surface area contributed by atoms with Crippen molar-refractivity contribution >= 4 is 17.9 Å². The van der Waals surface area contributed by atoms with Crippen molar-refractivity contribution in [3.05, 3.63) is 146 Å². The Labute approximate surface area is 512 Å². The zero-order chi connectivity index (χ0) is 59.9. The maximum Gasteiger partial charge on any atom is 0.306 e. The zero-order valence-corrected chi connectivity index (χ0v) is 53.9. The van der Waals surface area contributed by atoms with Crippen LogP contribution in [0.5, 0.6) is 0 Å². The molecule has 0 aromatic carbocycles. The van der Waals surface area contributed by atoms with Crippen LogP contribution in [0.2, 0.25) is 0 Å². The summed E-state index contributed by atoms with van der Waals surface area (Å²) in [6.45, 7) is 6.41. The molecule has 0 fully saturated rings. The fraction of sp³-hybridized carbons (Fsp3) is 0.649. The van der Waals surface area contributed by atoms with Gasteiger partial charge >= 0.3 is 17.9 Å². The molecule has 0 bridgehead atoms. The summed E-state index contributed by atoms with van der Waals surface area (Å²) in [6, 6.07) is 0. The lowest BCUT2D eigenvalue weighted by atomic mass is 10.0. The molecule has 0 heterocycles. The van der Waals surface area contributed by atoms with Gasteiger partial charge < -0.3 is 14.2 Å². The first-order valence-electron chi connectivity index (χ1n) is 34.3. The molecule has 0 N–H and O–H groups in total. The van der Waals surface area contributed by atoms with Crippen LogP contribution in [0.3, 0.4) is 0 Å². The summed E-state index contributed by atoms with van der Waals surface area (Å²) in [5.74, 6) is -0.905. The number of unbranched alkanes of at least 4 members (excludes halogenated alkanes) is 26. The van der Waals surface area contributed by atoms with Gasteiger partial charge in [-0.15, -0.1) is 0 Å². The molecule has 6 nitrogen and oxygen atoms in total. The first-order valence-corrected chi connectivity index (χ1v) is 34.3. The van der Waals surface area contributed by atoms with E-state index in [1.54, 1.807) is 0 Å². The molecule has 0 aliphatic carbocycles. The Kier molecular flexibility index (Phi) is 65.8. The Balaban J connectivity index is 4.32. The van der Waals surface area contributed by atoms with E-state index in [4.69, 9.17) is 14.2 Å². The van der Waals surface area contributed by atoms with E-state index >= 15 is 0 Å². The van der Waals surface area contributed by atoms with Crippen LogP contribution < -0.4 is 0 Å². The van der Waals surface area contributed by atoms with E-state index in [1.807, 2.05) is 0 Å². The van der Waals surface area contributed by atoms with E-state index < -0.39 is 6.10 Å². The summed E-state index contributed by atoms with van der Waals surface area (Å²) in [7, 11) is 0. The minimum absolute atomic E-state index is 0.0878. The quantitative estimate of drug-likeness (QED) is 0.0261. The van der Waals surface area contributed by atoms with E-state index in [1.165, 1.54) is 109 Å². The van der Waals surface area contributed by atoms with Crippen molar-refractivity contribution in [2.24, 2.45) is 0 Å². The van der Waals surface area contributed by atoms with Crippen LogP contribution in [0.4, 0.5) is 0 Å². The maximum absolute atomic E-state index is 12.9. The van der Waals surface area contributed by atoms with Gasteiger partial charge in [0.1, 0.15) is 13.2 Å². The summed E-state index contributed by atoms with van der Waals surface area (Å²) in [6.07, 6.45) is 100. The SMILES string of the molecule is CC/C=C\C/C=C\C/C=C\C/C=C\C/C=C\C/C=C\C/C=C\C/C=C\CCCCCCCCCCC(=O)OCC(COC(=O)CCCCCCCCCCCCCCC)OC(=O)CCCCCCCC/C=C\C/C=C\C/C=C\C/C=C\CC. The topological polar surface area (TPSA) is 78.9 Å². The molecule has 0 saturated heterocycles. The minimum atomic E-state index is -0.794. The molecule has 83 heavy (non-hydrogen) atoms. The monoisotopic (exact) mass is 1150 g/mol. The Bertz CT molecular complexity index is 1800. The van der Waals surface area contributed by atoms with Crippen molar-refractivity contribution in [3.8, 4) is 0 Å². The molecule has 0 aromatic heterocycles. The average molecular weight is 1150 g/mol. The van der Waals surface area contributed by atoms with Crippen molar-refractivity contribution in [1.82, 2.24) is 0 Å². The summed E-state index contributed by atoms with van der Waals surface area (Å²) in [5, 5.41) is 0. The third-order valence-electron chi connectivity index (χ3n) is 14.3. The molecule has 0 aliphatic heterocycles. The van der Waals surface area contributed by atoms with E-state index in [2.05, 4.69) is 167 Å². The first kappa shape index (κ1) is 78.3. The molecule has 6 heteroatoms. The normalized spacial score (nSPS) is 13.0. The molecule has 0 aromatic rings. The van der Waals surface area contributed by atoms with Gasteiger partial charge in [0.05, 0.1) is 0 Å². The fourth-order valence-electron chi connectivity index (χ4n) is 9.27. The van der Waals surface area contributed by atoms with Gasteiger partial charge in [-0.3, -0.25) is 14.4 Å². The molecule has 0 aliphatic rings. The molecule has 470 valence electrons. The third-order valence-corrected chi connectivity index (χ3v) is 14.3. The predicted octanol–water partition coefficient (Wildman–Crippen LogP) is 23.9. The van der Waals surface area contributed by atoms with Gasteiger partial charge in [0.2, 0.25) is 0 Å². The first-order chi connectivity index (χ1) is 41.0. The Hall–Kier alpha value is -4.71. The molecular weight excluding hydrogens is 1020 g/mol. The van der Waals surface area contributed by atoms with Crippen LogP contribution in [0.15, 0.2) is 146 Å². The highest BCUT2D eigenvalue weighted by Gasteiger charge is 2.19. The standard InChI is InChI=1S/C77H126O6/c1-4-7-10-13-16-19-22-25-27-29-31-32-33-34-35-36-37-38-39-40-41-42-43-44-46-47-49-52-55-58-61-64-67-70-76(79)82-73-74(72-81-75(78)69-66-63-60-57-54-51-24-21-18-15-12-9-6-3)83-77(80)71-68-65-62-59-56-53-50-48-45-30-28-26-23-20-17-14-11-8-5-2/h7-8,10-11,16-17,19-20,25-28,31-32,34-35,37-38,40-41,43-45,48,74H,4-6,9,12-15,18,21-24,29-30,33,36,39,42,46-47,49-73H2,1-3H3/b10-7-,11-8-,19-16-,20-17-,27-25-,28-26-,32-31-,35-34-,38-37-,41-40-,44-43-,48-45-. The van der Waals surface area contributed by atoms with Gasteiger partial charge in [0.15, 0.2) is 6.10 Å². The Morgan fingerprint density at radius 1 is 0.253 bits per heavy atom. The van der Waals surface area contributed by atoms with Crippen molar-refractivity contribution in [2.45, 2.75) is 309 Å². The minimum Gasteiger partial charge on any atom is -0.462 e. The zero-order valence-electron chi connectivity index (χ0n) is 53.9. The van der Waals surface area contributed by atoms with Gasteiger partial charge in [-0.25, -0.2) is 0 Å². The van der Waals surface area contributed by atoms with Crippen molar-refractivity contribution < 1.29 is 28.6 Å². The lowest BCUT2D eigenvalue weighted by Gasteiger charge is -2.18. The van der Waals surface area contributed by atoms with Gasteiger partial charge in [-0.05, 0) is 122 Å². The van der Waals surface area contributed by atoms with Crippen molar-refractivity contribution in [1.29, 1.82) is 0 Å². The van der Waals surface area contributed by atoms with Crippen LogP contribution >= 0.6 is 0 Å². The third kappa shape index (κ3) is 68.0. The second-order valence-electron chi connectivity index (χ2n) is 22.3. The molecule has 0 saturated carbocycles. The second kappa shape index (κ2) is 69.8. The highest BCUT2D eigenvalue weighted by molar-refractivity contribution is 5.71. The van der Waals surface area contributed by atoms with E-state index in [-0.39, 0.29) is 31.1 Å². The number of hydrogen-bond acceptors (Lipinski definition) is 6. The average Bonchev–Trinajstić information content (AvgIpc) is 3.49. The number of carbonyl (C=O) groups excluding carboxylic acids is 3. The smallest absolute Gasteiger partial charge is 0.306 e. The molecule has 0 amide bonds. The number of esters is 3. The number of hydrogen-bond donors (Lipinski definition) is 0. The summed E-state index contributed by atoms with van der Waals surface area (Å²) >= 11 is 0. The van der Waals surface area contributed by atoms with Crippen LogP contribution in [0.1, 0.15) is 303 Å². The largest absolute Gasteiger partial charge is 0.462 e. The van der Waals surface area contributed by atoms with Crippen LogP contribution in [0.25, 0.3) is 0 Å². The van der Waals surface area contributed by atoms with Gasteiger partial charge in [0.25, 0.3) is 0 Å². The van der Waals surface area contributed by atoms with Crippen LogP contribution in [-0.4, -0.2) is 37.2 Å². The molecule has 0 radical (unpaired) electrons. The molecule has 1 atom stereocenters. The van der Waals surface area contributed by atoms with E-state index in [9.17, 15) is 14.4 Å². The van der Waals surface area contributed by atoms with Crippen molar-refractivity contribution in [3.63, 3.8) is 0 Å². The summed E-state index contributed by atoms with van der Waals surface area (Å²) in [4.78, 5) is 38.4. The summed E-state index contributed by atoms with van der Waals surface area (Å²) in [5.41, 5.74) is 0. The van der Waals surface area contributed by atoms with Crippen molar-refractivity contribution in [2.75, 3.05) is 13.2 Å². The van der Waals surface area contributed by atoms with E-state index in [0.29, 0.717) is 19.3 Å². The molecular formula is C77H126O6. The van der Waals surface area contributed by atoms with E-state index in [0.717, 1.165) is 154 Å². The lowest BCUT2D eigenvalue weighted by molar-refractivity contribution is -0.167. The second-order valence-corrected chi connectivity index (χ2v) is 22.3. The van der Waals surface area contributed by atoms with Crippen LogP contribution in [0, 0.1) is 0 Å². The molecule has 0 rings (SSSR count). The molecule has 0 spiro atoms. The fourth-order valence-corrected chi connectivity index (χ4v) is 9.27. The maximum atomic E-state index is 12.9. The lowest BCUT2D eigenvalue weighted by Crippen LogP contribution is -2.30. The number of carbonyl (C=O) groups is 3. The Morgan fingerprint density at radius 3 is 0.735 bits per heavy atom. The van der Waals surface area contributed by atoms with Gasteiger partial charge in [-0.2, -0.15) is 0 Å². The Morgan fingerprint density at radius 2 is 0.470 bits per heavy atom.